The van der Waals surface area contributed by atoms with Gasteiger partial charge in [0.2, 0.25) is 0 Å². The average molecular weight is 356 g/mol. The fourth-order valence-corrected chi connectivity index (χ4v) is 3.08. The Bertz CT molecular complexity index is 1010. The van der Waals surface area contributed by atoms with Crippen molar-refractivity contribution in [1.29, 1.82) is 0 Å². The summed E-state index contributed by atoms with van der Waals surface area (Å²) in [5.41, 5.74) is 1.95. The molecular formula is C19H24N4O3. The number of hydrogen-bond acceptors (Lipinski definition) is 3. The lowest BCUT2D eigenvalue weighted by atomic mass is 10.1. The second-order valence-electron chi connectivity index (χ2n) is 7.35. The maximum absolute atomic E-state index is 12.9. The minimum absolute atomic E-state index is 0.205. The molecule has 7 nitrogen and oxygen atoms in total. The van der Waals surface area contributed by atoms with Gasteiger partial charge in [-0.3, -0.25) is 9.36 Å². The lowest BCUT2D eigenvalue weighted by Gasteiger charge is -2.24. The van der Waals surface area contributed by atoms with E-state index in [0.29, 0.717) is 5.52 Å². The van der Waals surface area contributed by atoms with E-state index in [-0.39, 0.29) is 18.3 Å². The minimum atomic E-state index is -0.790. The molecule has 0 fully saturated rings. The van der Waals surface area contributed by atoms with Crippen LogP contribution in [0.4, 0.5) is 4.79 Å². The van der Waals surface area contributed by atoms with Crippen LogP contribution in [0.15, 0.2) is 30.3 Å². The summed E-state index contributed by atoms with van der Waals surface area (Å²) in [6, 6.07) is 9.19. The molecule has 0 radical (unpaired) electrons. The van der Waals surface area contributed by atoms with Crippen molar-refractivity contribution in [3.8, 4) is 0 Å². The Labute approximate surface area is 151 Å². The standard InChI is InChI=1S/C19H24N4O3/c1-19(2,11-24)20-17(25)15-10-14-16(23(15)18(26)21(3)4)12-8-6-7-9-13(12)22(14)5/h6-10,24H,11H2,1-5H3,(H,20,25). The lowest BCUT2D eigenvalue weighted by molar-refractivity contribution is 0.0860. The Morgan fingerprint density at radius 2 is 1.85 bits per heavy atom. The molecule has 2 heterocycles. The highest BCUT2D eigenvalue weighted by molar-refractivity contribution is 6.14. The van der Waals surface area contributed by atoms with Crippen LogP contribution >= 0.6 is 0 Å². The number of aromatic nitrogens is 2. The first-order valence-electron chi connectivity index (χ1n) is 8.42. The van der Waals surface area contributed by atoms with Crippen LogP contribution in [0.2, 0.25) is 0 Å². The molecular weight excluding hydrogens is 332 g/mol. The predicted octanol–water partition coefficient (Wildman–Crippen LogP) is 2.16. The van der Waals surface area contributed by atoms with E-state index in [1.165, 1.54) is 9.47 Å². The quantitative estimate of drug-likeness (QED) is 0.755. The number of fused-ring (bicyclic) bond motifs is 3. The second-order valence-corrected chi connectivity index (χ2v) is 7.35. The van der Waals surface area contributed by atoms with Gasteiger partial charge >= 0.3 is 6.03 Å². The van der Waals surface area contributed by atoms with Crippen LogP contribution in [-0.4, -0.2) is 57.3 Å². The van der Waals surface area contributed by atoms with Crippen molar-refractivity contribution in [2.45, 2.75) is 19.4 Å². The third kappa shape index (κ3) is 2.74. The number of aryl methyl sites for hydroxylation is 1. The molecule has 0 saturated carbocycles. The topological polar surface area (TPSA) is 79.5 Å². The van der Waals surface area contributed by atoms with E-state index < -0.39 is 11.4 Å². The Morgan fingerprint density at radius 3 is 2.46 bits per heavy atom. The molecule has 3 aromatic rings. The number of para-hydroxylation sites is 1. The van der Waals surface area contributed by atoms with Gasteiger partial charge in [0.05, 0.1) is 28.7 Å². The number of aliphatic hydroxyl groups excluding tert-OH is 1. The molecule has 1 aromatic carbocycles. The van der Waals surface area contributed by atoms with Gasteiger partial charge in [0, 0.05) is 26.5 Å². The second kappa shape index (κ2) is 6.17. The summed E-state index contributed by atoms with van der Waals surface area (Å²) in [5, 5.41) is 13.1. The maximum atomic E-state index is 12.9. The molecule has 0 aliphatic carbocycles. The predicted molar refractivity (Wildman–Crippen MR) is 102 cm³/mol. The zero-order valence-corrected chi connectivity index (χ0v) is 15.7. The molecule has 7 heteroatoms. The third-order valence-electron chi connectivity index (χ3n) is 4.52. The van der Waals surface area contributed by atoms with Gasteiger partial charge in [0.1, 0.15) is 5.69 Å². The van der Waals surface area contributed by atoms with Crippen LogP contribution in [0.5, 0.6) is 0 Å². The van der Waals surface area contributed by atoms with Crippen LogP contribution in [0.3, 0.4) is 0 Å². The van der Waals surface area contributed by atoms with E-state index in [9.17, 15) is 14.7 Å². The van der Waals surface area contributed by atoms with Crippen LogP contribution in [-0.2, 0) is 7.05 Å². The molecule has 0 atom stereocenters. The van der Waals surface area contributed by atoms with Gasteiger partial charge in [-0.2, -0.15) is 0 Å². The molecule has 0 spiro atoms. The average Bonchev–Trinajstić information content (AvgIpc) is 3.11. The van der Waals surface area contributed by atoms with Crippen molar-refractivity contribution in [3.05, 3.63) is 36.0 Å². The van der Waals surface area contributed by atoms with Crippen molar-refractivity contribution < 1.29 is 14.7 Å². The van der Waals surface area contributed by atoms with Gasteiger partial charge in [-0.25, -0.2) is 4.79 Å². The highest BCUT2D eigenvalue weighted by atomic mass is 16.3. The van der Waals surface area contributed by atoms with Gasteiger partial charge in [0.15, 0.2) is 0 Å². The molecule has 138 valence electrons. The highest BCUT2D eigenvalue weighted by Gasteiger charge is 2.28. The molecule has 2 amide bonds. The Balaban J connectivity index is 2.30. The molecule has 2 N–H and O–H groups in total. The van der Waals surface area contributed by atoms with Crippen molar-refractivity contribution >= 4 is 33.9 Å². The fraction of sp³-hybridized carbons (Fsp3) is 0.368. The van der Waals surface area contributed by atoms with E-state index in [2.05, 4.69) is 5.32 Å². The number of amides is 2. The lowest BCUT2D eigenvalue weighted by Crippen LogP contribution is -2.47. The number of rotatable bonds is 3. The normalized spacial score (nSPS) is 11.9. The summed E-state index contributed by atoms with van der Waals surface area (Å²) in [5.74, 6) is -0.403. The van der Waals surface area contributed by atoms with Gasteiger partial charge in [-0.15, -0.1) is 0 Å². The molecule has 26 heavy (non-hydrogen) atoms. The number of nitrogens with zero attached hydrogens (tertiary/aromatic N) is 3. The minimum Gasteiger partial charge on any atom is -0.394 e. The number of carbonyl (C=O) groups excluding carboxylic acids is 2. The van der Waals surface area contributed by atoms with Crippen molar-refractivity contribution in [3.63, 3.8) is 0 Å². The third-order valence-corrected chi connectivity index (χ3v) is 4.52. The zero-order valence-electron chi connectivity index (χ0n) is 15.7. The van der Waals surface area contributed by atoms with Crippen molar-refractivity contribution in [2.24, 2.45) is 7.05 Å². The monoisotopic (exact) mass is 356 g/mol. The number of nitrogens with one attached hydrogen (secondary N) is 1. The fourth-order valence-electron chi connectivity index (χ4n) is 3.08. The van der Waals surface area contributed by atoms with E-state index >= 15 is 0 Å². The van der Waals surface area contributed by atoms with E-state index in [1.54, 1.807) is 34.0 Å². The van der Waals surface area contributed by atoms with Crippen LogP contribution in [0, 0.1) is 0 Å². The van der Waals surface area contributed by atoms with Crippen LogP contribution < -0.4 is 5.32 Å². The Kier molecular flexibility index (Phi) is 4.28. The summed E-state index contributed by atoms with van der Waals surface area (Å²) in [6.45, 7) is 3.24. The van der Waals surface area contributed by atoms with Gasteiger partial charge < -0.3 is 19.9 Å². The molecule has 2 aromatic heterocycles. The summed E-state index contributed by atoms with van der Waals surface area (Å²) >= 11 is 0. The van der Waals surface area contributed by atoms with Crippen molar-refractivity contribution in [2.75, 3.05) is 20.7 Å². The van der Waals surface area contributed by atoms with E-state index in [1.807, 2.05) is 35.9 Å². The summed E-state index contributed by atoms with van der Waals surface area (Å²) in [4.78, 5) is 27.2. The summed E-state index contributed by atoms with van der Waals surface area (Å²) < 4.78 is 3.42. The molecule has 0 saturated heterocycles. The van der Waals surface area contributed by atoms with Crippen LogP contribution in [0.1, 0.15) is 24.3 Å². The molecule has 0 aliphatic heterocycles. The Hall–Kier alpha value is -2.80. The SMILES string of the molecule is CN(C)C(=O)n1c(C(=O)NC(C)(C)CO)cc2c1c1ccccc1n2C. The molecule has 0 aliphatic rings. The molecule has 0 bridgehead atoms. The number of aliphatic hydroxyl groups is 1. The van der Waals surface area contributed by atoms with Gasteiger partial charge in [-0.1, -0.05) is 18.2 Å². The first-order valence-corrected chi connectivity index (χ1v) is 8.42. The van der Waals surface area contributed by atoms with Gasteiger partial charge in [-0.05, 0) is 26.0 Å². The molecule has 0 unspecified atom stereocenters. The number of carbonyl (C=O) groups is 2. The molecule has 3 rings (SSSR count). The number of hydrogen-bond donors (Lipinski definition) is 2. The summed E-state index contributed by atoms with van der Waals surface area (Å²) in [7, 11) is 5.21. The highest BCUT2D eigenvalue weighted by Crippen LogP contribution is 2.31. The first kappa shape index (κ1) is 18.0. The largest absolute Gasteiger partial charge is 0.394 e. The van der Waals surface area contributed by atoms with Crippen molar-refractivity contribution in [1.82, 2.24) is 19.4 Å². The summed E-state index contributed by atoms with van der Waals surface area (Å²) in [6.07, 6.45) is 0. The van der Waals surface area contributed by atoms with E-state index in [4.69, 9.17) is 0 Å². The zero-order chi connectivity index (χ0) is 19.2. The van der Waals surface area contributed by atoms with Gasteiger partial charge in [0.25, 0.3) is 5.91 Å². The Morgan fingerprint density at radius 1 is 1.19 bits per heavy atom. The van der Waals surface area contributed by atoms with Crippen LogP contribution in [0.25, 0.3) is 21.9 Å². The first-order chi connectivity index (χ1) is 12.2. The smallest absolute Gasteiger partial charge is 0.328 e. The van der Waals surface area contributed by atoms with E-state index in [0.717, 1.165) is 16.4 Å². The maximum Gasteiger partial charge on any atom is 0.328 e. The number of benzene rings is 1.